The van der Waals surface area contributed by atoms with Crippen molar-refractivity contribution < 1.29 is 14.3 Å². The average molecular weight is 442 g/mol. The highest BCUT2D eigenvalue weighted by atomic mass is 16.5. The van der Waals surface area contributed by atoms with Gasteiger partial charge in [-0.1, -0.05) is 43.2 Å². The minimum Gasteiger partial charge on any atom is -0.385 e. The lowest BCUT2D eigenvalue weighted by atomic mass is 9.80. The number of methoxy groups -OCH3 is 1. The van der Waals surface area contributed by atoms with Crippen molar-refractivity contribution in [3.05, 3.63) is 35.9 Å². The van der Waals surface area contributed by atoms with Crippen LogP contribution in [0.5, 0.6) is 0 Å². The maximum Gasteiger partial charge on any atom is 0.230 e. The number of nitrogens with zero attached hydrogens (tertiary/aromatic N) is 3. The Labute approximate surface area is 190 Å². The van der Waals surface area contributed by atoms with Crippen LogP contribution >= 0.6 is 0 Å². The van der Waals surface area contributed by atoms with E-state index in [4.69, 9.17) is 4.74 Å². The van der Waals surface area contributed by atoms with E-state index in [0.29, 0.717) is 32.5 Å². The Bertz CT molecular complexity index is 815. The van der Waals surface area contributed by atoms with Gasteiger partial charge < -0.3 is 19.9 Å². The number of fused-ring (bicyclic) bond motifs is 3. The van der Waals surface area contributed by atoms with Gasteiger partial charge in [0.2, 0.25) is 11.8 Å². The fourth-order valence-corrected chi connectivity index (χ4v) is 5.12. The molecule has 1 aromatic carbocycles. The van der Waals surface area contributed by atoms with Crippen LogP contribution in [0.25, 0.3) is 0 Å². The maximum absolute atomic E-state index is 13.4. The molecule has 8 nitrogen and oxygen atoms in total. The van der Waals surface area contributed by atoms with E-state index in [9.17, 15) is 9.59 Å². The molecule has 1 aliphatic carbocycles. The lowest BCUT2D eigenvalue weighted by Gasteiger charge is -2.50. The summed E-state index contributed by atoms with van der Waals surface area (Å²) >= 11 is 0. The Balaban J connectivity index is 1.40. The second kappa shape index (κ2) is 10.8. The third kappa shape index (κ3) is 5.06. The first kappa shape index (κ1) is 22.6. The van der Waals surface area contributed by atoms with Crippen LogP contribution in [0, 0.1) is 5.92 Å². The highest BCUT2D eigenvalue weighted by Crippen LogP contribution is 2.37. The summed E-state index contributed by atoms with van der Waals surface area (Å²) in [6.45, 7) is 1.92. The van der Waals surface area contributed by atoms with Crippen LogP contribution in [-0.4, -0.2) is 66.6 Å². The van der Waals surface area contributed by atoms with Crippen molar-refractivity contribution in [3.8, 4) is 0 Å². The van der Waals surface area contributed by atoms with Gasteiger partial charge in [-0.3, -0.25) is 15.0 Å². The molecular formula is C24H35N5O3. The molecular weight excluding hydrogens is 406 g/mol. The Kier molecular flexibility index (Phi) is 7.63. The molecule has 1 aromatic rings. The molecule has 32 heavy (non-hydrogen) atoms. The van der Waals surface area contributed by atoms with Crippen molar-refractivity contribution >= 4 is 17.6 Å². The second-order valence-electron chi connectivity index (χ2n) is 8.86. The first-order valence-electron chi connectivity index (χ1n) is 11.9. The van der Waals surface area contributed by atoms with E-state index in [1.165, 1.54) is 5.56 Å². The number of amides is 2. The number of carbonyl (C=O) groups is 2. The molecule has 2 amide bonds. The topological polar surface area (TPSA) is 86.3 Å². The van der Waals surface area contributed by atoms with Gasteiger partial charge in [0.05, 0.1) is 5.92 Å². The fourth-order valence-electron chi connectivity index (χ4n) is 5.12. The second-order valence-corrected chi connectivity index (χ2v) is 8.86. The van der Waals surface area contributed by atoms with Gasteiger partial charge in [0.25, 0.3) is 0 Å². The number of benzene rings is 1. The first-order chi connectivity index (χ1) is 15.7. The number of rotatable bonds is 10. The fraction of sp³-hybridized carbons (Fsp3) is 0.625. The molecule has 8 heteroatoms. The lowest BCUT2D eigenvalue weighted by molar-refractivity contribution is -0.155. The zero-order chi connectivity index (χ0) is 22.3. The third-order valence-corrected chi connectivity index (χ3v) is 6.76. The van der Waals surface area contributed by atoms with Crippen LogP contribution in [0.15, 0.2) is 35.4 Å². The van der Waals surface area contributed by atoms with Gasteiger partial charge in [0.1, 0.15) is 5.84 Å². The monoisotopic (exact) mass is 441 g/mol. The molecule has 2 aliphatic heterocycles. The summed E-state index contributed by atoms with van der Waals surface area (Å²) in [6, 6.07) is 10.5. The molecule has 2 fully saturated rings. The summed E-state index contributed by atoms with van der Waals surface area (Å²) in [5.41, 5.74) is 4.44. The average Bonchev–Trinajstić information content (AvgIpc) is 3.25. The van der Waals surface area contributed by atoms with Crippen molar-refractivity contribution in [1.82, 2.24) is 20.5 Å². The van der Waals surface area contributed by atoms with Crippen LogP contribution in [0.2, 0.25) is 0 Å². The summed E-state index contributed by atoms with van der Waals surface area (Å²) < 4.78 is 5.02. The minimum atomic E-state index is -0.245. The Morgan fingerprint density at radius 2 is 2.03 bits per heavy atom. The molecule has 174 valence electrons. The molecule has 4 rings (SSSR count). The van der Waals surface area contributed by atoms with E-state index in [1.54, 1.807) is 7.11 Å². The van der Waals surface area contributed by atoms with Crippen LogP contribution in [-0.2, 0) is 20.7 Å². The van der Waals surface area contributed by atoms with Gasteiger partial charge in [0.15, 0.2) is 6.29 Å². The normalized spacial score (nSPS) is 24.5. The third-order valence-electron chi connectivity index (χ3n) is 6.76. The SMILES string of the molecule is COCCCNC(=O)CCC1=NNC2N(CCc3ccccc3)C(=O)C3CCCCC3N12. The van der Waals surface area contributed by atoms with Gasteiger partial charge in [-0.25, -0.2) is 0 Å². The van der Waals surface area contributed by atoms with Gasteiger partial charge in [0, 0.05) is 45.7 Å². The van der Waals surface area contributed by atoms with Gasteiger partial charge in [-0.15, -0.1) is 0 Å². The Hall–Kier alpha value is -2.61. The molecule has 1 saturated carbocycles. The molecule has 0 spiro atoms. The molecule has 3 atom stereocenters. The summed E-state index contributed by atoms with van der Waals surface area (Å²) in [4.78, 5) is 29.9. The standard InChI is InChI=1S/C24H35N5O3/c1-32-17-7-15-25-22(30)13-12-21-26-27-24-28(16-14-18-8-3-2-4-9-18)23(31)19-10-5-6-11-20(19)29(21)24/h2-4,8-9,19-20,24,27H,5-7,10-17H2,1H3,(H,25,30). The van der Waals surface area contributed by atoms with Crippen molar-refractivity contribution in [3.63, 3.8) is 0 Å². The number of amidine groups is 1. The maximum atomic E-state index is 13.4. The number of hydrazone groups is 1. The van der Waals surface area contributed by atoms with Crippen LogP contribution in [0.3, 0.4) is 0 Å². The molecule has 1 saturated heterocycles. The molecule has 3 aliphatic rings. The number of hydrogen-bond acceptors (Lipinski definition) is 6. The lowest BCUT2D eigenvalue weighted by Crippen LogP contribution is -2.67. The highest BCUT2D eigenvalue weighted by molar-refractivity contribution is 5.91. The van der Waals surface area contributed by atoms with Gasteiger partial charge >= 0.3 is 0 Å². The first-order valence-corrected chi connectivity index (χ1v) is 11.9. The smallest absolute Gasteiger partial charge is 0.230 e. The number of carbonyl (C=O) groups excluding carboxylic acids is 2. The van der Waals surface area contributed by atoms with E-state index in [-0.39, 0.29) is 30.1 Å². The zero-order valence-electron chi connectivity index (χ0n) is 19.0. The predicted octanol–water partition coefficient (Wildman–Crippen LogP) is 2.07. The Morgan fingerprint density at radius 1 is 1.22 bits per heavy atom. The number of nitrogens with one attached hydrogen (secondary N) is 2. The van der Waals surface area contributed by atoms with Crippen molar-refractivity contribution in [2.24, 2.45) is 11.0 Å². The van der Waals surface area contributed by atoms with E-state index in [2.05, 4.69) is 32.9 Å². The molecule has 0 bridgehead atoms. The predicted molar refractivity (Wildman–Crippen MR) is 123 cm³/mol. The largest absolute Gasteiger partial charge is 0.385 e. The Morgan fingerprint density at radius 3 is 2.84 bits per heavy atom. The molecule has 3 unspecified atom stereocenters. The molecule has 0 radical (unpaired) electrons. The van der Waals surface area contributed by atoms with E-state index < -0.39 is 0 Å². The number of hydrogen-bond donors (Lipinski definition) is 2. The van der Waals surface area contributed by atoms with Gasteiger partial charge in [-0.2, -0.15) is 5.10 Å². The zero-order valence-corrected chi connectivity index (χ0v) is 19.0. The molecule has 0 aromatic heterocycles. The van der Waals surface area contributed by atoms with Crippen LogP contribution in [0.1, 0.15) is 50.5 Å². The summed E-state index contributed by atoms with van der Waals surface area (Å²) in [7, 11) is 1.66. The summed E-state index contributed by atoms with van der Waals surface area (Å²) in [6.07, 6.45) is 6.51. The van der Waals surface area contributed by atoms with E-state index in [1.807, 2.05) is 23.1 Å². The van der Waals surface area contributed by atoms with Gasteiger partial charge in [-0.05, 0) is 31.2 Å². The van der Waals surface area contributed by atoms with Crippen molar-refractivity contribution in [1.29, 1.82) is 0 Å². The van der Waals surface area contributed by atoms with Crippen molar-refractivity contribution in [2.45, 2.75) is 63.7 Å². The summed E-state index contributed by atoms with van der Waals surface area (Å²) in [5, 5.41) is 7.54. The molecule has 2 N–H and O–H groups in total. The van der Waals surface area contributed by atoms with E-state index in [0.717, 1.165) is 44.4 Å². The summed E-state index contributed by atoms with van der Waals surface area (Å²) in [5.74, 6) is 1.19. The highest BCUT2D eigenvalue weighted by Gasteiger charge is 2.50. The van der Waals surface area contributed by atoms with E-state index >= 15 is 0 Å². The molecule has 2 heterocycles. The van der Waals surface area contributed by atoms with Crippen LogP contribution in [0.4, 0.5) is 0 Å². The van der Waals surface area contributed by atoms with Crippen LogP contribution < -0.4 is 10.7 Å². The minimum absolute atomic E-state index is 0.0174. The van der Waals surface area contributed by atoms with Crippen molar-refractivity contribution in [2.75, 3.05) is 26.8 Å². The quantitative estimate of drug-likeness (QED) is 0.543. The number of ether oxygens (including phenoxy) is 1.